The van der Waals surface area contributed by atoms with E-state index in [0.717, 1.165) is 0 Å². The molecule has 18 heavy (non-hydrogen) atoms. The van der Waals surface area contributed by atoms with Crippen LogP contribution in [0.1, 0.15) is 41.5 Å². The van der Waals surface area contributed by atoms with Crippen molar-refractivity contribution in [2.24, 2.45) is 10.8 Å². The molecule has 0 saturated carbocycles. The van der Waals surface area contributed by atoms with Gasteiger partial charge in [0.1, 0.15) is 13.2 Å². The zero-order chi connectivity index (χ0) is 14.2. The molecule has 0 spiro atoms. The van der Waals surface area contributed by atoms with E-state index in [0.29, 0.717) is 0 Å². The molecular weight excluding hydrogens is 228 g/mol. The van der Waals surface area contributed by atoms with Crippen LogP contribution in [-0.4, -0.2) is 19.4 Å². The summed E-state index contributed by atoms with van der Waals surface area (Å²) in [5, 5.41) is 0. The summed E-state index contributed by atoms with van der Waals surface area (Å²) in [6, 6.07) is 0. The SMILES string of the molecule is CC#CC(C)(C)COC(=O)OCC(C)(C)C#CC. The van der Waals surface area contributed by atoms with E-state index in [2.05, 4.69) is 23.7 Å². The Morgan fingerprint density at radius 3 is 1.50 bits per heavy atom. The Morgan fingerprint density at radius 1 is 0.889 bits per heavy atom. The maximum Gasteiger partial charge on any atom is 0.508 e. The summed E-state index contributed by atoms with van der Waals surface area (Å²) >= 11 is 0. The number of carbonyl (C=O) groups is 1. The van der Waals surface area contributed by atoms with Crippen LogP contribution in [0.2, 0.25) is 0 Å². The van der Waals surface area contributed by atoms with Crippen LogP contribution < -0.4 is 0 Å². The van der Waals surface area contributed by atoms with Crippen LogP contribution in [0.25, 0.3) is 0 Å². The molecule has 0 aliphatic heterocycles. The van der Waals surface area contributed by atoms with Crippen molar-refractivity contribution in [1.82, 2.24) is 0 Å². The lowest BCUT2D eigenvalue weighted by Gasteiger charge is -2.19. The fourth-order valence-electron chi connectivity index (χ4n) is 1.27. The Bertz CT molecular complexity index is 359. The Hall–Kier alpha value is -1.61. The summed E-state index contributed by atoms with van der Waals surface area (Å²) in [6.07, 6.45) is -0.674. The van der Waals surface area contributed by atoms with Crippen LogP contribution in [-0.2, 0) is 9.47 Å². The van der Waals surface area contributed by atoms with Crippen molar-refractivity contribution in [3.63, 3.8) is 0 Å². The highest BCUT2D eigenvalue weighted by molar-refractivity contribution is 5.60. The lowest BCUT2D eigenvalue weighted by atomic mass is 9.96. The second-order valence-corrected chi connectivity index (χ2v) is 5.35. The van der Waals surface area contributed by atoms with Crippen molar-refractivity contribution < 1.29 is 14.3 Å². The van der Waals surface area contributed by atoms with Gasteiger partial charge in [0, 0.05) is 0 Å². The summed E-state index contributed by atoms with van der Waals surface area (Å²) in [6.45, 7) is 11.6. The van der Waals surface area contributed by atoms with Gasteiger partial charge in [0.05, 0.1) is 10.8 Å². The van der Waals surface area contributed by atoms with Gasteiger partial charge in [-0.2, -0.15) is 0 Å². The Morgan fingerprint density at radius 2 is 1.22 bits per heavy atom. The van der Waals surface area contributed by atoms with Crippen molar-refractivity contribution in [3.05, 3.63) is 0 Å². The lowest BCUT2D eigenvalue weighted by Crippen LogP contribution is -2.24. The maximum absolute atomic E-state index is 11.4. The van der Waals surface area contributed by atoms with Gasteiger partial charge < -0.3 is 9.47 Å². The minimum absolute atomic E-state index is 0.215. The van der Waals surface area contributed by atoms with Crippen molar-refractivity contribution in [1.29, 1.82) is 0 Å². The van der Waals surface area contributed by atoms with E-state index in [9.17, 15) is 4.79 Å². The standard InChI is InChI=1S/C15H22O3/c1-7-9-14(3,4)11-17-13(16)18-12-15(5,6)10-8-2/h11-12H2,1-6H3. The van der Waals surface area contributed by atoms with Gasteiger partial charge in [-0.05, 0) is 41.5 Å². The third-order valence-corrected chi connectivity index (χ3v) is 2.03. The molecule has 0 amide bonds. The molecule has 0 aromatic carbocycles. The van der Waals surface area contributed by atoms with Crippen LogP contribution >= 0.6 is 0 Å². The first kappa shape index (κ1) is 16.4. The van der Waals surface area contributed by atoms with Crippen molar-refractivity contribution in [2.75, 3.05) is 13.2 Å². The molecule has 0 N–H and O–H groups in total. The third kappa shape index (κ3) is 7.63. The Kier molecular flexibility index (Phi) is 6.34. The molecule has 0 aromatic heterocycles. The van der Waals surface area contributed by atoms with E-state index in [1.54, 1.807) is 13.8 Å². The molecule has 0 saturated heterocycles. The van der Waals surface area contributed by atoms with E-state index in [4.69, 9.17) is 9.47 Å². The Balaban J connectivity index is 4.12. The zero-order valence-electron chi connectivity index (χ0n) is 12.1. The highest BCUT2D eigenvalue weighted by Crippen LogP contribution is 2.16. The number of hydrogen-bond donors (Lipinski definition) is 0. The first-order valence-corrected chi connectivity index (χ1v) is 5.90. The van der Waals surface area contributed by atoms with E-state index >= 15 is 0 Å². The van der Waals surface area contributed by atoms with Gasteiger partial charge in [0.15, 0.2) is 0 Å². The third-order valence-electron chi connectivity index (χ3n) is 2.03. The summed E-state index contributed by atoms with van der Waals surface area (Å²) in [5.74, 6) is 11.5. The van der Waals surface area contributed by atoms with E-state index in [1.165, 1.54) is 0 Å². The molecule has 0 aromatic rings. The molecule has 0 atom stereocenters. The van der Waals surface area contributed by atoms with Crippen molar-refractivity contribution in [3.8, 4) is 23.7 Å². The number of carbonyl (C=O) groups excluding carboxylic acids is 1. The van der Waals surface area contributed by atoms with Gasteiger partial charge in [-0.25, -0.2) is 4.79 Å². The molecule has 0 rings (SSSR count). The second-order valence-electron chi connectivity index (χ2n) is 5.35. The van der Waals surface area contributed by atoms with E-state index < -0.39 is 6.16 Å². The minimum atomic E-state index is -0.674. The fraction of sp³-hybridized carbons (Fsp3) is 0.667. The van der Waals surface area contributed by atoms with Crippen LogP contribution in [0.5, 0.6) is 0 Å². The quantitative estimate of drug-likeness (QED) is 0.567. The van der Waals surface area contributed by atoms with Gasteiger partial charge in [-0.1, -0.05) is 11.8 Å². The summed E-state index contributed by atoms with van der Waals surface area (Å²) < 4.78 is 10.0. The molecule has 100 valence electrons. The number of rotatable bonds is 4. The summed E-state index contributed by atoms with van der Waals surface area (Å²) in [5.41, 5.74) is -0.709. The predicted molar refractivity (Wildman–Crippen MR) is 71.8 cm³/mol. The van der Waals surface area contributed by atoms with Crippen LogP contribution in [0.4, 0.5) is 4.79 Å². The van der Waals surface area contributed by atoms with Gasteiger partial charge in [-0.15, -0.1) is 11.8 Å². The molecule has 0 fully saturated rings. The molecule has 0 aliphatic rings. The van der Waals surface area contributed by atoms with Crippen LogP contribution in [0.15, 0.2) is 0 Å². The average molecular weight is 250 g/mol. The maximum atomic E-state index is 11.4. The van der Waals surface area contributed by atoms with Crippen molar-refractivity contribution in [2.45, 2.75) is 41.5 Å². The molecule has 0 unspecified atom stereocenters. The van der Waals surface area contributed by atoms with Crippen LogP contribution in [0.3, 0.4) is 0 Å². The zero-order valence-corrected chi connectivity index (χ0v) is 12.1. The first-order chi connectivity index (χ1) is 8.22. The molecule has 3 nitrogen and oxygen atoms in total. The van der Waals surface area contributed by atoms with Gasteiger partial charge in [0.2, 0.25) is 0 Å². The summed E-state index contributed by atoms with van der Waals surface area (Å²) in [7, 11) is 0. The van der Waals surface area contributed by atoms with Crippen molar-refractivity contribution >= 4 is 6.16 Å². The highest BCUT2D eigenvalue weighted by Gasteiger charge is 2.21. The average Bonchev–Trinajstić information content (AvgIpc) is 2.24. The number of ether oxygens (including phenoxy) is 2. The Labute approximate surface area is 110 Å². The van der Waals surface area contributed by atoms with Crippen LogP contribution in [0, 0.1) is 34.5 Å². The minimum Gasteiger partial charge on any atom is -0.433 e. The largest absolute Gasteiger partial charge is 0.508 e. The molecule has 0 heterocycles. The fourth-order valence-corrected chi connectivity index (χ4v) is 1.27. The van der Waals surface area contributed by atoms with E-state index in [-0.39, 0.29) is 24.0 Å². The summed E-state index contributed by atoms with van der Waals surface area (Å²) in [4.78, 5) is 11.4. The predicted octanol–water partition coefficient (Wildman–Crippen LogP) is 3.24. The van der Waals surface area contributed by atoms with Gasteiger partial charge in [0.25, 0.3) is 0 Å². The monoisotopic (exact) mass is 250 g/mol. The normalized spacial score (nSPS) is 10.6. The lowest BCUT2D eigenvalue weighted by molar-refractivity contribution is 0.0263. The highest BCUT2D eigenvalue weighted by atomic mass is 16.7. The molecule has 0 aliphatic carbocycles. The van der Waals surface area contributed by atoms with E-state index in [1.807, 2.05) is 27.7 Å². The molecule has 3 heteroatoms. The molecule has 0 bridgehead atoms. The topological polar surface area (TPSA) is 35.5 Å². The van der Waals surface area contributed by atoms with Gasteiger partial charge >= 0.3 is 6.16 Å². The van der Waals surface area contributed by atoms with Gasteiger partial charge in [-0.3, -0.25) is 0 Å². The smallest absolute Gasteiger partial charge is 0.433 e. The molecule has 0 radical (unpaired) electrons. The second kappa shape index (κ2) is 6.97. The first-order valence-electron chi connectivity index (χ1n) is 5.90. The molecular formula is C15H22O3. The number of hydrogen-bond acceptors (Lipinski definition) is 3.